The number of piperazine rings is 1. The van der Waals surface area contributed by atoms with E-state index >= 15 is 0 Å². The minimum Gasteiger partial charge on any atom is -0.491 e. The molecule has 4 rings (SSSR count). The predicted octanol–water partition coefficient (Wildman–Crippen LogP) is 3.61. The molecule has 2 heterocycles. The summed E-state index contributed by atoms with van der Waals surface area (Å²) >= 11 is 1.66. The number of para-hydroxylation sites is 1. The molecule has 2 aromatic carbocycles. The van der Waals surface area contributed by atoms with Gasteiger partial charge in [-0.1, -0.05) is 18.2 Å². The first-order chi connectivity index (χ1) is 16.3. The van der Waals surface area contributed by atoms with Crippen LogP contribution >= 0.6 is 11.3 Å². The molecule has 1 amide bonds. The Balaban J connectivity index is 1.22. The first-order valence-electron chi connectivity index (χ1n) is 11.8. The lowest BCUT2D eigenvalue weighted by Gasteiger charge is -2.40. The quantitative estimate of drug-likeness (QED) is 0.511. The van der Waals surface area contributed by atoms with Crippen LogP contribution in [0.2, 0.25) is 0 Å². The van der Waals surface area contributed by atoms with Gasteiger partial charge in [0.05, 0.1) is 21.8 Å². The van der Waals surface area contributed by atoms with Crippen molar-refractivity contribution in [2.24, 2.45) is 0 Å². The molecule has 1 saturated heterocycles. The zero-order chi connectivity index (χ0) is 24.2. The fourth-order valence-electron chi connectivity index (χ4n) is 4.51. The summed E-state index contributed by atoms with van der Waals surface area (Å²) in [5, 5.41) is 14.7. The molecule has 182 valence electrons. The van der Waals surface area contributed by atoms with Crippen molar-refractivity contribution in [3.8, 4) is 5.75 Å². The Morgan fingerprint density at radius 2 is 2.00 bits per heavy atom. The van der Waals surface area contributed by atoms with E-state index in [1.807, 2.05) is 57.2 Å². The monoisotopic (exact) mass is 482 g/mol. The molecular formula is C26H34N4O3S. The third-order valence-corrected chi connectivity index (χ3v) is 7.27. The van der Waals surface area contributed by atoms with Gasteiger partial charge in [0.1, 0.15) is 18.5 Å². The van der Waals surface area contributed by atoms with Gasteiger partial charge in [0.25, 0.3) is 0 Å². The zero-order valence-electron chi connectivity index (χ0n) is 20.4. The van der Waals surface area contributed by atoms with Crippen molar-refractivity contribution in [1.29, 1.82) is 0 Å². The number of fused-ring (bicyclic) bond motifs is 1. The van der Waals surface area contributed by atoms with E-state index < -0.39 is 6.10 Å². The number of anilines is 1. The smallest absolute Gasteiger partial charge is 0.238 e. The maximum atomic E-state index is 12.6. The van der Waals surface area contributed by atoms with Crippen LogP contribution in [0, 0.1) is 20.8 Å². The SMILES string of the molecule is Cc1nc2cc(OC[C@@H](O)CN3CCN(CC(=O)Nc4c(C)cccc4C)C[C@@H]3C)ccc2s1. The molecule has 0 spiro atoms. The van der Waals surface area contributed by atoms with Gasteiger partial charge in [-0.05, 0) is 51.0 Å². The maximum Gasteiger partial charge on any atom is 0.238 e. The molecule has 0 saturated carbocycles. The number of thiazole rings is 1. The molecule has 8 heteroatoms. The van der Waals surface area contributed by atoms with E-state index in [-0.39, 0.29) is 18.6 Å². The number of nitrogens with zero attached hydrogens (tertiary/aromatic N) is 3. The van der Waals surface area contributed by atoms with Gasteiger partial charge in [0, 0.05) is 44.0 Å². The first kappa shape index (κ1) is 24.6. The second-order valence-corrected chi connectivity index (χ2v) is 10.5. The van der Waals surface area contributed by atoms with Gasteiger partial charge in [-0.2, -0.15) is 0 Å². The number of rotatable bonds is 8. The maximum absolute atomic E-state index is 12.6. The van der Waals surface area contributed by atoms with Crippen LogP contribution in [0.3, 0.4) is 0 Å². The standard InChI is InChI=1S/C26H34N4O3S/c1-17-6-5-7-18(2)26(17)28-25(32)15-29-10-11-30(19(3)13-29)14-21(31)16-33-22-8-9-24-23(12-22)27-20(4)34-24/h5-9,12,19,21,31H,10-11,13-16H2,1-4H3,(H,28,32)/t19-,21-/m0/s1. The lowest BCUT2D eigenvalue weighted by Crippen LogP contribution is -2.55. The molecule has 0 aliphatic carbocycles. The zero-order valence-corrected chi connectivity index (χ0v) is 21.2. The Hall–Kier alpha value is -2.52. The van der Waals surface area contributed by atoms with Crippen molar-refractivity contribution in [3.05, 3.63) is 52.5 Å². The normalized spacial score (nSPS) is 18.2. The third-order valence-electron chi connectivity index (χ3n) is 6.32. The summed E-state index contributed by atoms with van der Waals surface area (Å²) in [6.07, 6.45) is -0.589. The molecule has 1 fully saturated rings. The number of benzene rings is 2. The van der Waals surface area contributed by atoms with Gasteiger partial charge < -0.3 is 15.2 Å². The van der Waals surface area contributed by atoms with E-state index in [2.05, 4.69) is 27.0 Å². The molecule has 1 aromatic heterocycles. The molecule has 7 nitrogen and oxygen atoms in total. The summed E-state index contributed by atoms with van der Waals surface area (Å²) in [7, 11) is 0. The highest BCUT2D eigenvalue weighted by Gasteiger charge is 2.26. The van der Waals surface area contributed by atoms with Gasteiger partial charge in [0.2, 0.25) is 5.91 Å². The molecule has 1 aliphatic heterocycles. The van der Waals surface area contributed by atoms with Gasteiger partial charge in [-0.25, -0.2) is 4.98 Å². The number of carbonyl (C=O) groups is 1. The Kier molecular flexibility index (Phi) is 7.83. The van der Waals surface area contributed by atoms with E-state index in [0.717, 1.165) is 57.4 Å². The van der Waals surface area contributed by atoms with E-state index in [4.69, 9.17) is 4.74 Å². The second-order valence-electron chi connectivity index (χ2n) is 9.22. The van der Waals surface area contributed by atoms with Crippen LogP contribution in [-0.4, -0.2) is 77.3 Å². The highest BCUT2D eigenvalue weighted by atomic mass is 32.1. The van der Waals surface area contributed by atoms with Crippen molar-refractivity contribution in [2.75, 3.05) is 44.6 Å². The van der Waals surface area contributed by atoms with Crippen molar-refractivity contribution in [3.63, 3.8) is 0 Å². The van der Waals surface area contributed by atoms with E-state index in [1.54, 1.807) is 11.3 Å². The molecule has 0 radical (unpaired) electrons. The minimum absolute atomic E-state index is 0.0127. The number of aliphatic hydroxyl groups is 1. The molecule has 1 aliphatic rings. The van der Waals surface area contributed by atoms with Crippen molar-refractivity contribution >= 4 is 33.1 Å². The Labute approximate surface area is 205 Å². The predicted molar refractivity (Wildman–Crippen MR) is 138 cm³/mol. The van der Waals surface area contributed by atoms with Crippen LogP contribution in [0.4, 0.5) is 5.69 Å². The third kappa shape index (κ3) is 6.13. The van der Waals surface area contributed by atoms with Gasteiger partial charge in [0.15, 0.2) is 0 Å². The summed E-state index contributed by atoms with van der Waals surface area (Å²) in [4.78, 5) is 21.6. The summed E-state index contributed by atoms with van der Waals surface area (Å²) in [6, 6.07) is 12.1. The molecular weight excluding hydrogens is 448 g/mol. The molecule has 2 atom stereocenters. The largest absolute Gasteiger partial charge is 0.491 e. The fourth-order valence-corrected chi connectivity index (χ4v) is 5.31. The van der Waals surface area contributed by atoms with Crippen LogP contribution < -0.4 is 10.1 Å². The Morgan fingerprint density at radius 1 is 1.24 bits per heavy atom. The topological polar surface area (TPSA) is 77.9 Å². The number of aliphatic hydroxyl groups excluding tert-OH is 1. The Morgan fingerprint density at radius 3 is 2.74 bits per heavy atom. The van der Waals surface area contributed by atoms with Gasteiger partial charge in [-0.3, -0.25) is 14.6 Å². The number of hydrogen-bond donors (Lipinski definition) is 2. The van der Waals surface area contributed by atoms with Gasteiger partial charge in [-0.15, -0.1) is 11.3 Å². The van der Waals surface area contributed by atoms with E-state index in [1.165, 1.54) is 0 Å². The van der Waals surface area contributed by atoms with Crippen molar-refractivity contribution < 1.29 is 14.6 Å². The van der Waals surface area contributed by atoms with E-state index in [0.29, 0.717) is 13.1 Å². The highest BCUT2D eigenvalue weighted by Crippen LogP contribution is 2.25. The molecule has 0 unspecified atom stereocenters. The van der Waals surface area contributed by atoms with Crippen molar-refractivity contribution in [1.82, 2.24) is 14.8 Å². The number of β-amino-alcohol motifs (C(OH)–C–C–N with tert-alkyl or cyclic N) is 1. The number of ether oxygens (including phenoxy) is 1. The van der Waals surface area contributed by atoms with E-state index in [9.17, 15) is 9.90 Å². The van der Waals surface area contributed by atoms with Crippen LogP contribution in [-0.2, 0) is 4.79 Å². The van der Waals surface area contributed by atoms with Crippen LogP contribution in [0.15, 0.2) is 36.4 Å². The first-order valence-corrected chi connectivity index (χ1v) is 12.6. The minimum atomic E-state index is -0.589. The lowest BCUT2D eigenvalue weighted by atomic mass is 10.1. The highest BCUT2D eigenvalue weighted by molar-refractivity contribution is 7.18. The number of aryl methyl sites for hydroxylation is 3. The summed E-state index contributed by atoms with van der Waals surface area (Å²) in [5.41, 5.74) is 3.99. The average Bonchev–Trinajstić information content (AvgIpc) is 3.16. The summed E-state index contributed by atoms with van der Waals surface area (Å²) in [6.45, 7) is 11.7. The molecule has 0 bridgehead atoms. The number of carbonyl (C=O) groups excluding carboxylic acids is 1. The molecule has 34 heavy (non-hydrogen) atoms. The van der Waals surface area contributed by atoms with Gasteiger partial charge >= 0.3 is 0 Å². The number of aromatic nitrogens is 1. The summed E-state index contributed by atoms with van der Waals surface area (Å²) < 4.78 is 6.97. The van der Waals surface area contributed by atoms with Crippen molar-refractivity contribution in [2.45, 2.75) is 39.8 Å². The van der Waals surface area contributed by atoms with Crippen LogP contribution in [0.5, 0.6) is 5.75 Å². The number of amides is 1. The number of nitrogens with one attached hydrogen (secondary N) is 1. The fraction of sp³-hybridized carbons (Fsp3) is 0.462. The molecule has 2 N–H and O–H groups in total. The summed E-state index contributed by atoms with van der Waals surface area (Å²) in [5.74, 6) is 0.739. The lowest BCUT2D eigenvalue weighted by molar-refractivity contribution is -0.118. The average molecular weight is 483 g/mol. The van der Waals surface area contributed by atoms with Crippen LogP contribution in [0.25, 0.3) is 10.2 Å². The second kappa shape index (κ2) is 10.8. The Bertz CT molecular complexity index is 1130. The van der Waals surface area contributed by atoms with Crippen LogP contribution in [0.1, 0.15) is 23.1 Å². The number of hydrogen-bond acceptors (Lipinski definition) is 7. The molecule has 3 aromatic rings.